The first-order chi connectivity index (χ1) is 12.5. The van der Waals surface area contributed by atoms with Gasteiger partial charge in [0.2, 0.25) is 5.91 Å². The molecule has 0 radical (unpaired) electrons. The van der Waals surface area contributed by atoms with Crippen LogP contribution in [0.1, 0.15) is 25.0 Å². The second-order valence-electron chi connectivity index (χ2n) is 6.59. The van der Waals surface area contributed by atoms with E-state index in [2.05, 4.69) is 15.6 Å². The van der Waals surface area contributed by atoms with E-state index < -0.39 is 6.04 Å². The second-order valence-corrected chi connectivity index (χ2v) is 6.59. The van der Waals surface area contributed by atoms with E-state index in [4.69, 9.17) is 0 Å². The standard InChI is InChI=1S/C20H26N4O2/c1-15(2)18(19(25)24(3)14-17-10-7-11-21-12-17)23-20(26)22-13-16-8-5-4-6-9-16/h4-12,15,18H,13-14H2,1-3H3,(H2,22,23,26). The number of pyridine rings is 1. The first-order valence-electron chi connectivity index (χ1n) is 8.69. The minimum atomic E-state index is -0.590. The lowest BCUT2D eigenvalue weighted by atomic mass is 10.0. The third-order valence-corrected chi connectivity index (χ3v) is 4.03. The van der Waals surface area contributed by atoms with Crippen LogP contribution in [0.4, 0.5) is 4.79 Å². The highest BCUT2D eigenvalue weighted by Crippen LogP contribution is 2.09. The first kappa shape index (κ1) is 19.4. The summed E-state index contributed by atoms with van der Waals surface area (Å²) in [5.74, 6) is -0.153. The molecule has 2 aromatic rings. The van der Waals surface area contributed by atoms with Crippen LogP contribution in [0.15, 0.2) is 54.9 Å². The van der Waals surface area contributed by atoms with Crippen LogP contribution >= 0.6 is 0 Å². The molecule has 1 aromatic carbocycles. The Hall–Kier alpha value is -2.89. The zero-order valence-electron chi connectivity index (χ0n) is 15.5. The monoisotopic (exact) mass is 354 g/mol. The fourth-order valence-corrected chi connectivity index (χ4v) is 2.56. The minimum absolute atomic E-state index is 0.0266. The predicted octanol–water partition coefficient (Wildman–Crippen LogP) is 2.56. The van der Waals surface area contributed by atoms with Crippen molar-refractivity contribution in [1.82, 2.24) is 20.5 Å². The number of rotatable bonds is 7. The number of hydrogen-bond donors (Lipinski definition) is 2. The molecule has 1 aromatic heterocycles. The van der Waals surface area contributed by atoms with E-state index in [-0.39, 0.29) is 17.9 Å². The van der Waals surface area contributed by atoms with Crippen molar-refractivity contribution in [2.75, 3.05) is 7.05 Å². The Kier molecular flexibility index (Phi) is 7.14. The Bertz CT molecular complexity index is 704. The molecule has 1 atom stereocenters. The van der Waals surface area contributed by atoms with E-state index in [0.717, 1.165) is 11.1 Å². The molecule has 0 bridgehead atoms. The van der Waals surface area contributed by atoms with Crippen molar-refractivity contribution in [3.05, 3.63) is 66.0 Å². The number of urea groups is 1. The van der Waals surface area contributed by atoms with Gasteiger partial charge in [0.05, 0.1) is 0 Å². The quantitative estimate of drug-likeness (QED) is 0.802. The Morgan fingerprint density at radius 1 is 1.08 bits per heavy atom. The number of hydrogen-bond acceptors (Lipinski definition) is 3. The summed E-state index contributed by atoms with van der Waals surface area (Å²) in [6.07, 6.45) is 3.43. The minimum Gasteiger partial charge on any atom is -0.340 e. The van der Waals surface area contributed by atoms with Crippen LogP contribution in [0.2, 0.25) is 0 Å². The van der Waals surface area contributed by atoms with Crippen molar-refractivity contribution in [3.8, 4) is 0 Å². The average molecular weight is 354 g/mol. The molecule has 0 aliphatic carbocycles. The lowest BCUT2D eigenvalue weighted by Crippen LogP contribution is -2.52. The van der Waals surface area contributed by atoms with E-state index in [1.54, 1.807) is 24.3 Å². The van der Waals surface area contributed by atoms with Gasteiger partial charge >= 0.3 is 6.03 Å². The summed E-state index contributed by atoms with van der Waals surface area (Å²) in [5, 5.41) is 5.59. The molecule has 2 rings (SSSR count). The summed E-state index contributed by atoms with van der Waals surface area (Å²) < 4.78 is 0. The summed E-state index contributed by atoms with van der Waals surface area (Å²) in [4.78, 5) is 30.6. The molecular weight excluding hydrogens is 328 g/mol. The second kappa shape index (κ2) is 9.56. The number of carbonyl (C=O) groups excluding carboxylic acids is 2. The van der Waals surface area contributed by atoms with Gasteiger partial charge in [-0.1, -0.05) is 50.2 Å². The zero-order valence-corrected chi connectivity index (χ0v) is 15.5. The van der Waals surface area contributed by atoms with Gasteiger partial charge in [0, 0.05) is 32.5 Å². The van der Waals surface area contributed by atoms with Crippen molar-refractivity contribution in [1.29, 1.82) is 0 Å². The van der Waals surface area contributed by atoms with Crippen molar-refractivity contribution >= 4 is 11.9 Å². The van der Waals surface area contributed by atoms with Gasteiger partial charge in [0.15, 0.2) is 0 Å². The molecule has 0 aliphatic heterocycles. The molecule has 0 spiro atoms. The number of amides is 3. The van der Waals surface area contributed by atoms with E-state index in [0.29, 0.717) is 13.1 Å². The Labute approximate surface area is 154 Å². The average Bonchev–Trinajstić information content (AvgIpc) is 2.65. The van der Waals surface area contributed by atoms with Gasteiger partial charge in [0.1, 0.15) is 6.04 Å². The molecule has 0 saturated heterocycles. The van der Waals surface area contributed by atoms with Crippen molar-refractivity contribution in [2.45, 2.75) is 33.0 Å². The van der Waals surface area contributed by atoms with Crippen molar-refractivity contribution in [2.24, 2.45) is 5.92 Å². The normalized spacial score (nSPS) is 11.7. The molecule has 0 fully saturated rings. The van der Waals surface area contributed by atoms with Crippen molar-refractivity contribution < 1.29 is 9.59 Å². The fraction of sp³-hybridized carbons (Fsp3) is 0.350. The third kappa shape index (κ3) is 5.88. The van der Waals surface area contributed by atoms with Gasteiger partial charge in [-0.2, -0.15) is 0 Å². The number of likely N-dealkylation sites (N-methyl/N-ethyl adjacent to an activating group) is 1. The van der Waals surface area contributed by atoms with Gasteiger partial charge < -0.3 is 15.5 Å². The Balaban J connectivity index is 1.92. The maximum atomic E-state index is 12.8. The van der Waals surface area contributed by atoms with Gasteiger partial charge in [-0.25, -0.2) is 4.79 Å². The van der Waals surface area contributed by atoms with Crippen LogP contribution in [-0.2, 0) is 17.9 Å². The number of nitrogens with zero attached hydrogens (tertiary/aromatic N) is 2. The maximum Gasteiger partial charge on any atom is 0.315 e. The predicted molar refractivity (Wildman–Crippen MR) is 101 cm³/mol. The highest BCUT2D eigenvalue weighted by molar-refractivity contribution is 5.87. The highest BCUT2D eigenvalue weighted by Gasteiger charge is 2.27. The number of benzene rings is 1. The molecular formula is C20H26N4O2. The molecule has 0 aliphatic rings. The molecule has 0 saturated carbocycles. The van der Waals surface area contributed by atoms with Gasteiger partial charge in [0.25, 0.3) is 0 Å². The summed E-state index contributed by atoms with van der Waals surface area (Å²) in [5.41, 5.74) is 1.95. The van der Waals surface area contributed by atoms with Crippen LogP contribution in [0.5, 0.6) is 0 Å². The van der Waals surface area contributed by atoms with Crippen LogP contribution in [0.25, 0.3) is 0 Å². The number of aromatic nitrogens is 1. The molecule has 2 N–H and O–H groups in total. The lowest BCUT2D eigenvalue weighted by Gasteiger charge is -2.27. The fourth-order valence-electron chi connectivity index (χ4n) is 2.56. The molecule has 6 nitrogen and oxygen atoms in total. The summed E-state index contributed by atoms with van der Waals surface area (Å²) in [6.45, 7) is 4.69. The van der Waals surface area contributed by atoms with Crippen LogP contribution in [-0.4, -0.2) is 34.9 Å². The molecule has 138 valence electrons. The van der Waals surface area contributed by atoms with Gasteiger partial charge in [-0.05, 0) is 23.1 Å². The molecule has 6 heteroatoms. The molecule has 26 heavy (non-hydrogen) atoms. The van der Waals surface area contributed by atoms with Gasteiger partial charge in [-0.3, -0.25) is 9.78 Å². The first-order valence-corrected chi connectivity index (χ1v) is 8.69. The summed E-state index contributed by atoms with van der Waals surface area (Å²) in [6, 6.07) is 12.5. The van der Waals surface area contributed by atoms with Crippen molar-refractivity contribution in [3.63, 3.8) is 0 Å². The summed E-state index contributed by atoms with van der Waals surface area (Å²) >= 11 is 0. The van der Waals surface area contributed by atoms with Crippen LogP contribution in [0.3, 0.4) is 0 Å². The maximum absolute atomic E-state index is 12.8. The molecule has 3 amide bonds. The molecule has 1 heterocycles. The van der Waals surface area contributed by atoms with E-state index in [1.807, 2.05) is 56.3 Å². The lowest BCUT2D eigenvalue weighted by molar-refractivity contribution is -0.133. The SMILES string of the molecule is CC(C)C(NC(=O)NCc1ccccc1)C(=O)N(C)Cc1cccnc1. The Morgan fingerprint density at radius 2 is 1.77 bits per heavy atom. The molecule has 1 unspecified atom stereocenters. The Morgan fingerprint density at radius 3 is 2.38 bits per heavy atom. The number of nitrogens with one attached hydrogen (secondary N) is 2. The van der Waals surface area contributed by atoms with E-state index in [1.165, 1.54) is 0 Å². The summed E-state index contributed by atoms with van der Waals surface area (Å²) in [7, 11) is 1.73. The van der Waals surface area contributed by atoms with Gasteiger partial charge in [-0.15, -0.1) is 0 Å². The highest BCUT2D eigenvalue weighted by atomic mass is 16.2. The van der Waals surface area contributed by atoms with Crippen LogP contribution in [0, 0.1) is 5.92 Å². The third-order valence-electron chi connectivity index (χ3n) is 4.03. The van der Waals surface area contributed by atoms with E-state index in [9.17, 15) is 9.59 Å². The van der Waals surface area contributed by atoms with Crippen LogP contribution < -0.4 is 10.6 Å². The number of carbonyl (C=O) groups is 2. The van der Waals surface area contributed by atoms with E-state index >= 15 is 0 Å². The topological polar surface area (TPSA) is 74.3 Å². The largest absolute Gasteiger partial charge is 0.340 e. The smallest absolute Gasteiger partial charge is 0.315 e. The zero-order chi connectivity index (χ0) is 18.9.